The summed E-state index contributed by atoms with van der Waals surface area (Å²) < 4.78 is 7.66. The van der Waals surface area contributed by atoms with Gasteiger partial charge in [-0.3, -0.25) is 19.4 Å². The number of fused-ring (bicyclic) bond motifs is 1. The highest BCUT2D eigenvalue weighted by Gasteiger charge is 2.21. The minimum Gasteiger partial charge on any atom is -0.371 e. The largest absolute Gasteiger partial charge is 0.371 e. The molecule has 1 N–H and O–H groups in total. The van der Waals surface area contributed by atoms with Crippen molar-refractivity contribution in [3.8, 4) is 0 Å². The van der Waals surface area contributed by atoms with E-state index in [2.05, 4.69) is 25.0 Å². The summed E-state index contributed by atoms with van der Waals surface area (Å²) in [5.41, 5.74) is 1.42. The highest BCUT2D eigenvalue weighted by molar-refractivity contribution is 5.72. The molecule has 1 unspecified atom stereocenters. The summed E-state index contributed by atoms with van der Waals surface area (Å²) in [6.45, 7) is 2.91. The molecular weight excluding hydrogens is 332 g/mol. The summed E-state index contributed by atoms with van der Waals surface area (Å²) in [5.74, 6) is 0.663. The summed E-state index contributed by atoms with van der Waals surface area (Å²) in [5, 5.41) is 4.62. The summed E-state index contributed by atoms with van der Waals surface area (Å²) in [7, 11) is 1.79. The molecule has 0 bridgehead atoms. The monoisotopic (exact) mass is 354 g/mol. The fourth-order valence-corrected chi connectivity index (χ4v) is 3.34. The van der Waals surface area contributed by atoms with Crippen LogP contribution in [0.15, 0.2) is 35.4 Å². The lowest BCUT2D eigenvalue weighted by Gasteiger charge is -2.32. The number of pyridine rings is 1. The predicted octanol–water partition coefficient (Wildman–Crippen LogP) is 1.23. The molecule has 1 aliphatic rings. The number of nitrogens with one attached hydrogen (secondary N) is 1. The van der Waals surface area contributed by atoms with Gasteiger partial charge in [-0.1, -0.05) is 6.07 Å². The maximum absolute atomic E-state index is 12.2. The molecule has 0 spiro atoms. The molecular formula is C18H22N6O2. The van der Waals surface area contributed by atoms with E-state index in [4.69, 9.17) is 4.74 Å². The van der Waals surface area contributed by atoms with Gasteiger partial charge in [0.2, 0.25) is 0 Å². The topological polar surface area (TPSA) is 88.9 Å². The van der Waals surface area contributed by atoms with Crippen LogP contribution >= 0.6 is 0 Å². The first-order chi connectivity index (χ1) is 12.7. The third kappa shape index (κ3) is 3.66. The number of H-pyrrole nitrogens is 1. The standard InChI is InChI=1S/C18H22N6O2/c1-23-17-15(9-20-23)18(25)22-16(21-17)11-24-8-4-6-14(10-24)26-12-13-5-2-3-7-19-13/h2-3,5,7,9,14H,4,6,8,10-12H2,1H3,(H,21,22,25). The number of likely N-dealkylation sites (tertiary alicyclic amines) is 1. The summed E-state index contributed by atoms with van der Waals surface area (Å²) in [6.07, 6.45) is 5.59. The number of hydrogen-bond acceptors (Lipinski definition) is 6. The molecule has 8 heteroatoms. The number of piperidine rings is 1. The van der Waals surface area contributed by atoms with Crippen molar-refractivity contribution >= 4 is 11.0 Å². The second kappa shape index (κ2) is 7.35. The highest BCUT2D eigenvalue weighted by Crippen LogP contribution is 2.16. The number of aromatic amines is 1. The molecule has 0 amide bonds. The average molecular weight is 354 g/mol. The Hall–Kier alpha value is -2.58. The van der Waals surface area contributed by atoms with Crippen LogP contribution in [-0.4, -0.2) is 48.8 Å². The lowest BCUT2D eigenvalue weighted by Crippen LogP contribution is -2.39. The summed E-state index contributed by atoms with van der Waals surface area (Å²) in [6, 6.07) is 5.84. The number of aryl methyl sites for hydroxylation is 1. The lowest BCUT2D eigenvalue weighted by molar-refractivity contribution is -0.0138. The van der Waals surface area contributed by atoms with Crippen molar-refractivity contribution in [2.24, 2.45) is 7.05 Å². The van der Waals surface area contributed by atoms with Crippen LogP contribution in [0.5, 0.6) is 0 Å². The van der Waals surface area contributed by atoms with Crippen LogP contribution in [0.4, 0.5) is 0 Å². The van der Waals surface area contributed by atoms with Crippen LogP contribution in [0.3, 0.4) is 0 Å². The van der Waals surface area contributed by atoms with E-state index in [-0.39, 0.29) is 11.7 Å². The first-order valence-corrected chi connectivity index (χ1v) is 8.84. The van der Waals surface area contributed by atoms with E-state index in [0.29, 0.717) is 30.0 Å². The Morgan fingerprint density at radius 3 is 3.15 bits per heavy atom. The SMILES string of the molecule is Cn1ncc2c(=O)[nH]c(CN3CCCC(OCc4ccccn4)C3)nc21. The molecule has 0 aromatic carbocycles. The molecule has 1 atom stereocenters. The van der Waals surface area contributed by atoms with Gasteiger partial charge in [-0.15, -0.1) is 0 Å². The van der Waals surface area contributed by atoms with Gasteiger partial charge in [0.15, 0.2) is 5.65 Å². The number of ether oxygens (including phenoxy) is 1. The third-order valence-corrected chi connectivity index (χ3v) is 4.68. The van der Waals surface area contributed by atoms with Gasteiger partial charge in [0.05, 0.1) is 31.1 Å². The van der Waals surface area contributed by atoms with Gasteiger partial charge in [0.25, 0.3) is 5.56 Å². The summed E-state index contributed by atoms with van der Waals surface area (Å²) >= 11 is 0. The van der Waals surface area contributed by atoms with Crippen molar-refractivity contribution in [2.75, 3.05) is 13.1 Å². The zero-order valence-corrected chi connectivity index (χ0v) is 14.8. The fraction of sp³-hybridized carbons (Fsp3) is 0.444. The average Bonchev–Trinajstić information content (AvgIpc) is 3.03. The fourth-order valence-electron chi connectivity index (χ4n) is 3.34. The Bertz CT molecular complexity index is 936. The second-order valence-electron chi connectivity index (χ2n) is 6.65. The third-order valence-electron chi connectivity index (χ3n) is 4.68. The normalized spacial score (nSPS) is 18.4. The first kappa shape index (κ1) is 16.9. The van der Waals surface area contributed by atoms with Crippen molar-refractivity contribution in [1.29, 1.82) is 0 Å². The van der Waals surface area contributed by atoms with Gasteiger partial charge >= 0.3 is 0 Å². The molecule has 1 saturated heterocycles. The molecule has 1 aliphatic heterocycles. The molecule has 136 valence electrons. The molecule has 8 nitrogen and oxygen atoms in total. The van der Waals surface area contributed by atoms with Crippen LogP contribution in [0.2, 0.25) is 0 Å². The maximum Gasteiger partial charge on any atom is 0.262 e. The zero-order chi connectivity index (χ0) is 17.9. The minimum atomic E-state index is -0.141. The number of hydrogen-bond donors (Lipinski definition) is 1. The van der Waals surface area contributed by atoms with Crippen LogP contribution in [-0.2, 0) is 24.9 Å². The Morgan fingerprint density at radius 2 is 2.31 bits per heavy atom. The Balaban J connectivity index is 1.40. The van der Waals surface area contributed by atoms with Gasteiger partial charge in [0, 0.05) is 19.8 Å². The number of rotatable bonds is 5. The van der Waals surface area contributed by atoms with Crippen molar-refractivity contribution in [3.05, 3.63) is 52.5 Å². The first-order valence-electron chi connectivity index (χ1n) is 8.84. The molecule has 4 rings (SSSR count). The van der Waals surface area contributed by atoms with Crippen molar-refractivity contribution in [2.45, 2.75) is 32.1 Å². The van der Waals surface area contributed by atoms with Crippen LogP contribution in [0.1, 0.15) is 24.4 Å². The molecule has 0 aliphatic carbocycles. The van der Waals surface area contributed by atoms with Gasteiger partial charge in [0.1, 0.15) is 11.2 Å². The number of nitrogens with zero attached hydrogens (tertiary/aromatic N) is 5. The van der Waals surface area contributed by atoms with E-state index in [1.54, 1.807) is 24.1 Å². The van der Waals surface area contributed by atoms with Crippen molar-refractivity contribution in [3.63, 3.8) is 0 Å². The molecule has 1 fully saturated rings. The Morgan fingerprint density at radius 1 is 1.38 bits per heavy atom. The highest BCUT2D eigenvalue weighted by atomic mass is 16.5. The van der Waals surface area contributed by atoms with E-state index in [0.717, 1.165) is 31.6 Å². The van der Waals surface area contributed by atoms with E-state index >= 15 is 0 Å². The molecule has 0 saturated carbocycles. The Kier molecular flexibility index (Phi) is 4.77. The van der Waals surface area contributed by atoms with Crippen LogP contribution in [0.25, 0.3) is 11.0 Å². The second-order valence-corrected chi connectivity index (χ2v) is 6.65. The Labute approximate surface area is 150 Å². The molecule has 4 heterocycles. The van der Waals surface area contributed by atoms with Gasteiger partial charge < -0.3 is 9.72 Å². The van der Waals surface area contributed by atoms with E-state index in [1.165, 1.54) is 0 Å². The van der Waals surface area contributed by atoms with Gasteiger partial charge in [-0.2, -0.15) is 5.10 Å². The molecule has 3 aromatic rings. The quantitative estimate of drug-likeness (QED) is 0.741. The number of aromatic nitrogens is 5. The van der Waals surface area contributed by atoms with Crippen LogP contribution < -0.4 is 5.56 Å². The zero-order valence-electron chi connectivity index (χ0n) is 14.8. The van der Waals surface area contributed by atoms with Gasteiger partial charge in [-0.05, 0) is 31.5 Å². The van der Waals surface area contributed by atoms with Crippen molar-refractivity contribution < 1.29 is 4.74 Å². The smallest absolute Gasteiger partial charge is 0.262 e. The minimum absolute atomic E-state index is 0.141. The van der Waals surface area contributed by atoms with E-state index in [1.807, 2.05) is 18.2 Å². The summed E-state index contributed by atoms with van der Waals surface area (Å²) in [4.78, 5) is 26.2. The molecule has 0 radical (unpaired) electrons. The predicted molar refractivity (Wildman–Crippen MR) is 96.5 cm³/mol. The maximum atomic E-state index is 12.2. The van der Waals surface area contributed by atoms with Gasteiger partial charge in [-0.25, -0.2) is 4.98 Å². The van der Waals surface area contributed by atoms with E-state index < -0.39 is 0 Å². The molecule has 3 aromatic heterocycles. The van der Waals surface area contributed by atoms with E-state index in [9.17, 15) is 4.79 Å². The lowest BCUT2D eigenvalue weighted by atomic mass is 10.1. The molecule has 26 heavy (non-hydrogen) atoms. The van der Waals surface area contributed by atoms with Crippen molar-refractivity contribution in [1.82, 2.24) is 29.6 Å². The van der Waals surface area contributed by atoms with Crippen LogP contribution in [0, 0.1) is 0 Å².